The van der Waals surface area contributed by atoms with Gasteiger partial charge < -0.3 is 24.7 Å². The van der Waals surface area contributed by atoms with E-state index in [2.05, 4.69) is 15.6 Å². The number of nitrogens with one attached hydrogen (secondary N) is 2. The molecule has 5 rings (SSSR count). The highest BCUT2D eigenvalue weighted by Crippen LogP contribution is 2.42. The number of aromatic nitrogens is 1. The predicted octanol–water partition coefficient (Wildman–Crippen LogP) is 5.57. The van der Waals surface area contributed by atoms with Crippen molar-refractivity contribution in [3.8, 4) is 17.1 Å². The van der Waals surface area contributed by atoms with Gasteiger partial charge in [-0.05, 0) is 67.2 Å². The minimum atomic E-state index is -0.477. The van der Waals surface area contributed by atoms with Crippen LogP contribution in [-0.2, 0) is 4.79 Å². The molecule has 2 atom stereocenters. The quantitative estimate of drug-likeness (QED) is 0.154. The molecule has 1 aliphatic rings. The van der Waals surface area contributed by atoms with E-state index in [0.717, 1.165) is 16.9 Å². The Bertz CT molecular complexity index is 1560. The van der Waals surface area contributed by atoms with Crippen LogP contribution in [0.4, 0.5) is 11.4 Å². The second kappa shape index (κ2) is 11.5. The van der Waals surface area contributed by atoms with E-state index in [1.807, 2.05) is 60.4 Å². The van der Waals surface area contributed by atoms with Crippen molar-refractivity contribution >= 4 is 34.6 Å². The number of ether oxygens (including phenoxy) is 1. The van der Waals surface area contributed by atoms with Crippen molar-refractivity contribution in [1.82, 2.24) is 15.2 Å². The van der Waals surface area contributed by atoms with E-state index in [-0.39, 0.29) is 24.1 Å². The number of rotatable bonds is 9. The normalized spacial score (nSPS) is 16.4. The molecule has 0 spiro atoms. The second-order valence-electron chi connectivity index (χ2n) is 9.33. The lowest BCUT2D eigenvalue weighted by molar-refractivity contribution is -0.384. The molecule has 0 saturated carbocycles. The largest absolute Gasteiger partial charge is 0.496 e. The number of benzene rings is 2. The number of carbonyl (C=O) groups is 1. The summed E-state index contributed by atoms with van der Waals surface area (Å²) in [5.41, 5.74) is 3.06. The first-order valence-corrected chi connectivity index (χ1v) is 13.0. The minimum absolute atomic E-state index is 0.0805. The van der Waals surface area contributed by atoms with Gasteiger partial charge in [-0.15, -0.1) is 0 Å². The molecule has 2 N–H and O–H groups in total. The van der Waals surface area contributed by atoms with Gasteiger partial charge in [0.25, 0.3) is 5.69 Å². The lowest BCUT2D eigenvalue weighted by atomic mass is 10.0. The molecule has 1 saturated heterocycles. The van der Waals surface area contributed by atoms with Gasteiger partial charge >= 0.3 is 0 Å². The molecule has 10 nitrogen and oxygen atoms in total. The maximum Gasteiger partial charge on any atom is 0.273 e. The van der Waals surface area contributed by atoms with Crippen molar-refractivity contribution in [2.75, 3.05) is 19.0 Å². The Hall–Kier alpha value is -4.77. The van der Waals surface area contributed by atoms with E-state index in [4.69, 9.17) is 21.4 Å². The molecule has 11 heteroatoms. The number of amides is 1. The first-order chi connectivity index (χ1) is 19.3. The number of nitro benzene ring substituents is 1. The van der Waals surface area contributed by atoms with Crippen LogP contribution in [-0.4, -0.2) is 39.5 Å². The van der Waals surface area contributed by atoms with Gasteiger partial charge in [0.05, 0.1) is 35.4 Å². The molecule has 2 aromatic heterocycles. The fraction of sp³-hybridized carbons (Fsp3) is 0.207. The second-order valence-corrected chi connectivity index (χ2v) is 9.72. The van der Waals surface area contributed by atoms with Crippen LogP contribution in [0.25, 0.3) is 11.3 Å². The Labute approximate surface area is 236 Å². The molecule has 3 heterocycles. The van der Waals surface area contributed by atoms with Crippen molar-refractivity contribution in [2.24, 2.45) is 0 Å². The number of methoxy groups -OCH3 is 1. The summed E-state index contributed by atoms with van der Waals surface area (Å²) in [6.07, 6.45) is 1.91. The van der Waals surface area contributed by atoms with Crippen LogP contribution in [0.15, 0.2) is 83.4 Å². The van der Waals surface area contributed by atoms with Gasteiger partial charge in [-0.1, -0.05) is 18.2 Å². The number of carbonyl (C=O) groups excluding carboxylic acids is 1. The topological polar surface area (TPSA) is 123 Å². The third-order valence-corrected chi connectivity index (χ3v) is 7.01. The SMILES string of the molecule is COc1cc([N+](=O)[O-])ccc1-c1ccc([C@@H]2[C@H](c3ccccn3)NC(=S)N2CCC(=O)Nc2cccc(C)c2)o1. The maximum atomic E-state index is 12.8. The summed E-state index contributed by atoms with van der Waals surface area (Å²) >= 11 is 5.70. The Morgan fingerprint density at radius 1 is 1.18 bits per heavy atom. The number of pyridine rings is 1. The van der Waals surface area contributed by atoms with Gasteiger partial charge in [0.1, 0.15) is 23.3 Å². The fourth-order valence-electron chi connectivity index (χ4n) is 4.78. The molecule has 0 aliphatic carbocycles. The van der Waals surface area contributed by atoms with Gasteiger partial charge in [-0.2, -0.15) is 0 Å². The van der Waals surface area contributed by atoms with Gasteiger partial charge in [0.2, 0.25) is 5.91 Å². The zero-order valence-electron chi connectivity index (χ0n) is 21.9. The summed E-state index contributed by atoms with van der Waals surface area (Å²) < 4.78 is 11.7. The maximum absolute atomic E-state index is 12.8. The van der Waals surface area contributed by atoms with Crippen LogP contribution in [0.2, 0.25) is 0 Å². The molecule has 1 amide bonds. The molecule has 1 aliphatic heterocycles. The number of nitrogens with zero attached hydrogens (tertiary/aromatic N) is 3. The molecule has 204 valence electrons. The third-order valence-electron chi connectivity index (χ3n) is 6.66. The molecule has 40 heavy (non-hydrogen) atoms. The number of non-ortho nitro benzene ring substituents is 1. The van der Waals surface area contributed by atoms with Crippen molar-refractivity contribution in [2.45, 2.75) is 25.4 Å². The van der Waals surface area contributed by atoms with Gasteiger partial charge in [0.15, 0.2) is 5.11 Å². The Balaban J connectivity index is 1.43. The van der Waals surface area contributed by atoms with Crippen molar-refractivity contribution in [3.63, 3.8) is 0 Å². The zero-order valence-corrected chi connectivity index (χ0v) is 22.7. The summed E-state index contributed by atoms with van der Waals surface area (Å²) in [6.45, 7) is 2.31. The molecular weight excluding hydrogens is 530 g/mol. The van der Waals surface area contributed by atoms with E-state index in [0.29, 0.717) is 34.5 Å². The van der Waals surface area contributed by atoms with E-state index < -0.39 is 11.0 Å². The third kappa shape index (κ3) is 5.64. The van der Waals surface area contributed by atoms with Crippen LogP contribution in [0.5, 0.6) is 5.75 Å². The predicted molar refractivity (Wildman–Crippen MR) is 154 cm³/mol. The van der Waals surface area contributed by atoms with Crippen LogP contribution in [0, 0.1) is 17.0 Å². The van der Waals surface area contributed by atoms with Crippen molar-refractivity contribution in [3.05, 3.63) is 106 Å². The van der Waals surface area contributed by atoms with Gasteiger partial charge in [-0.25, -0.2) is 0 Å². The summed E-state index contributed by atoms with van der Waals surface area (Å²) in [7, 11) is 1.45. The number of furan rings is 1. The average molecular weight is 558 g/mol. The number of aryl methyl sites for hydroxylation is 1. The summed E-state index contributed by atoms with van der Waals surface area (Å²) in [5, 5.41) is 18.0. The molecule has 0 unspecified atom stereocenters. The molecule has 0 radical (unpaired) electrons. The first-order valence-electron chi connectivity index (χ1n) is 12.6. The number of nitro groups is 1. The van der Waals surface area contributed by atoms with Crippen LogP contribution < -0.4 is 15.4 Å². The van der Waals surface area contributed by atoms with Gasteiger partial charge in [-0.3, -0.25) is 19.9 Å². The monoisotopic (exact) mass is 557 g/mol. The van der Waals surface area contributed by atoms with E-state index in [9.17, 15) is 14.9 Å². The number of hydrogen-bond acceptors (Lipinski definition) is 7. The van der Waals surface area contributed by atoms with E-state index in [1.165, 1.54) is 19.2 Å². The molecular formula is C29H27N5O5S. The van der Waals surface area contributed by atoms with Crippen molar-refractivity contribution in [1.29, 1.82) is 0 Å². The molecule has 4 aromatic rings. The van der Waals surface area contributed by atoms with Gasteiger partial charge in [0, 0.05) is 30.9 Å². The zero-order chi connectivity index (χ0) is 28.2. The van der Waals surface area contributed by atoms with Crippen LogP contribution in [0.1, 0.15) is 35.5 Å². The highest BCUT2D eigenvalue weighted by molar-refractivity contribution is 7.80. The Morgan fingerprint density at radius 2 is 2.02 bits per heavy atom. The number of thiocarbonyl (C=S) groups is 1. The van der Waals surface area contributed by atoms with Crippen LogP contribution >= 0.6 is 12.2 Å². The molecule has 1 fully saturated rings. The lowest BCUT2D eigenvalue weighted by Crippen LogP contribution is -2.32. The smallest absolute Gasteiger partial charge is 0.273 e. The molecule has 2 aromatic carbocycles. The summed E-state index contributed by atoms with van der Waals surface area (Å²) in [5.74, 6) is 1.26. The first kappa shape index (κ1) is 26.8. The lowest BCUT2D eigenvalue weighted by Gasteiger charge is -2.25. The molecule has 0 bridgehead atoms. The Morgan fingerprint density at radius 3 is 2.75 bits per heavy atom. The number of anilines is 1. The average Bonchev–Trinajstić information content (AvgIpc) is 3.56. The van der Waals surface area contributed by atoms with E-state index in [1.54, 1.807) is 18.3 Å². The highest BCUT2D eigenvalue weighted by Gasteiger charge is 2.41. The highest BCUT2D eigenvalue weighted by atomic mass is 32.1. The van der Waals surface area contributed by atoms with Crippen molar-refractivity contribution < 1.29 is 18.9 Å². The summed E-state index contributed by atoms with van der Waals surface area (Å²) in [6, 6.07) is 20.5. The standard InChI is InChI=1S/C29H27N5O5S/c1-18-6-5-7-19(16-18)31-26(35)13-15-33-28(27(32-29(33)40)22-8-3-4-14-30-22)24-12-11-23(39-24)21-10-9-20(34(36)37)17-25(21)38-2/h3-12,14,16-17,27-28H,13,15H2,1-2H3,(H,31,35)(H,32,40)/t27-,28+/m0/s1. The minimum Gasteiger partial charge on any atom is -0.496 e. The van der Waals surface area contributed by atoms with E-state index >= 15 is 0 Å². The summed E-state index contributed by atoms with van der Waals surface area (Å²) in [4.78, 5) is 30.0. The number of hydrogen-bond donors (Lipinski definition) is 2. The van der Waals surface area contributed by atoms with Crippen LogP contribution in [0.3, 0.4) is 0 Å². The Kier molecular flexibility index (Phi) is 7.74. The fourth-order valence-corrected chi connectivity index (χ4v) is 5.11.